The molecule has 0 atom stereocenters. The molecule has 0 aromatic heterocycles. The van der Waals surface area contributed by atoms with Crippen LogP contribution in [0.4, 0.5) is 4.79 Å². The number of unbranched alkanes of at least 4 members (excludes halogenated alkanes) is 1. The van der Waals surface area contributed by atoms with Crippen LogP contribution in [0.3, 0.4) is 0 Å². The van der Waals surface area contributed by atoms with Crippen LogP contribution in [0.15, 0.2) is 47.4 Å². The zero-order valence-corrected chi connectivity index (χ0v) is 13.2. The first-order valence-electron chi connectivity index (χ1n) is 7.44. The highest BCUT2D eigenvalue weighted by Gasteiger charge is 2.34. The number of benzene rings is 2. The largest absolute Gasteiger partial charge is 0.293 e. The summed E-state index contributed by atoms with van der Waals surface area (Å²) in [6.07, 6.45) is 3.64. The normalized spacial score (nSPS) is 17.0. The Labute approximate surface area is 134 Å². The lowest BCUT2D eigenvalue weighted by Crippen LogP contribution is -2.29. The van der Waals surface area contributed by atoms with Crippen molar-refractivity contribution in [1.82, 2.24) is 4.90 Å². The van der Waals surface area contributed by atoms with Crippen molar-refractivity contribution in [3.8, 4) is 0 Å². The minimum Gasteiger partial charge on any atom is -0.268 e. The standard InChI is InChI=1S/C18H17NO2S/c1-2-3-11-19-17(20)16(22-18(19)21)12-14-9-6-8-13-7-4-5-10-15(13)14/h4-10,12H,2-3,11H2,1H3/b16-12-. The number of fused-ring (bicyclic) bond motifs is 1. The van der Waals surface area contributed by atoms with E-state index in [1.165, 1.54) is 4.90 Å². The number of nitrogens with zero attached hydrogens (tertiary/aromatic N) is 1. The minimum absolute atomic E-state index is 0.162. The van der Waals surface area contributed by atoms with Crippen LogP contribution in [-0.2, 0) is 4.79 Å². The van der Waals surface area contributed by atoms with Crippen LogP contribution in [0.5, 0.6) is 0 Å². The van der Waals surface area contributed by atoms with Gasteiger partial charge in [0.05, 0.1) is 4.91 Å². The molecule has 0 unspecified atom stereocenters. The van der Waals surface area contributed by atoms with Crippen molar-refractivity contribution in [2.45, 2.75) is 19.8 Å². The number of amides is 2. The second-order valence-corrected chi connectivity index (χ2v) is 6.25. The average Bonchev–Trinajstić information content (AvgIpc) is 2.80. The fourth-order valence-electron chi connectivity index (χ4n) is 2.53. The smallest absolute Gasteiger partial charge is 0.268 e. The van der Waals surface area contributed by atoms with E-state index in [1.807, 2.05) is 55.5 Å². The van der Waals surface area contributed by atoms with E-state index >= 15 is 0 Å². The van der Waals surface area contributed by atoms with Crippen LogP contribution in [0.25, 0.3) is 16.8 Å². The van der Waals surface area contributed by atoms with Gasteiger partial charge in [-0.05, 0) is 40.6 Å². The third-order valence-corrected chi connectivity index (χ3v) is 4.63. The SMILES string of the molecule is CCCCN1C(=O)S/C(=C\c2cccc3ccccc23)C1=O. The summed E-state index contributed by atoms with van der Waals surface area (Å²) in [6, 6.07) is 14.0. The van der Waals surface area contributed by atoms with Crippen LogP contribution < -0.4 is 0 Å². The highest BCUT2D eigenvalue weighted by Crippen LogP contribution is 2.33. The molecule has 1 saturated heterocycles. The van der Waals surface area contributed by atoms with Gasteiger partial charge in [-0.2, -0.15) is 0 Å². The van der Waals surface area contributed by atoms with Gasteiger partial charge in [-0.15, -0.1) is 0 Å². The zero-order chi connectivity index (χ0) is 15.5. The van der Waals surface area contributed by atoms with E-state index in [-0.39, 0.29) is 11.1 Å². The van der Waals surface area contributed by atoms with Crippen molar-refractivity contribution in [3.05, 3.63) is 52.9 Å². The van der Waals surface area contributed by atoms with Crippen LogP contribution in [0.1, 0.15) is 25.3 Å². The lowest BCUT2D eigenvalue weighted by Gasteiger charge is -2.10. The van der Waals surface area contributed by atoms with E-state index in [0.29, 0.717) is 11.4 Å². The Bertz CT molecular complexity index is 761. The Hall–Kier alpha value is -2.07. The second-order valence-electron chi connectivity index (χ2n) is 5.26. The number of hydrogen-bond acceptors (Lipinski definition) is 3. The Morgan fingerprint density at radius 3 is 2.68 bits per heavy atom. The average molecular weight is 311 g/mol. The van der Waals surface area contributed by atoms with Crippen molar-refractivity contribution in [1.29, 1.82) is 0 Å². The van der Waals surface area contributed by atoms with E-state index in [9.17, 15) is 9.59 Å². The van der Waals surface area contributed by atoms with Gasteiger partial charge in [0.2, 0.25) is 0 Å². The van der Waals surface area contributed by atoms with Gasteiger partial charge < -0.3 is 0 Å². The molecule has 1 fully saturated rings. The van der Waals surface area contributed by atoms with Crippen LogP contribution in [-0.4, -0.2) is 22.6 Å². The Kier molecular flexibility index (Phi) is 4.29. The fraction of sp³-hybridized carbons (Fsp3) is 0.222. The molecule has 0 bridgehead atoms. The predicted octanol–water partition coefficient (Wildman–Crippen LogP) is 4.68. The van der Waals surface area contributed by atoms with Gasteiger partial charge >= 0.3 is 0 Å². The molecule has 2 aromatic rings. The van der Waals surface area contributed by atoms with Gasteiger partial charge in [0.1, 0.15) is 0 Å². The number of carbonyl (C=O) groups excluding carboxylic acids is 2. The van der Waals surface area contributed by atoms with E-state index in [0.717, 1.165) is 40.9 Å². The molecule has 0 radical (unpaired) electrons. The van der Waals surface area contributed by atoms with Crippen molar-refractivity contribution in [3.63, 3.8) is 0 Å². The summed E-state index contributed by atoms with van der Waals surface area (Å²) < 4.78 is 0. The monoisotopic (exact) mass is 311 g/mol. The first kappa shape index (κ1) is 14.9. The lowest BCUT2D eigenvalue weighted by molar-refractivity contribution is -0.122. The quantitative estimate of drug-likeness (QED) is 0.770. The summed E-state index contributed by atoms with van der Waals surface area (Å²) in [5.74, 6) is -0.170. The van der Waals surface area contributed by atoms with Crippen molar-refractivity contribution >= 4 is 39.8 Å². The molecular formula is C18H17NO2S. The van der Waals surface area contributed by atoms with Gasteiger partial charge in [-0.25, -0.2) is 0 Å². The number of rotatable bonds is 4. The molecule has 0 aliphatic carbocycles. The van der Waals surface area contributed by atoms with Crippen molar-refractivity contribution in [2.24, 2.45) is 0 Å². The van der Waals surface area contributed by atoms with Crippen LogP contribution >= 0.6 is 11.8 Å². The first-order chi connectivity index (χ1) is 10.7. The molecule has 22 heavy (non-hydrogen) atoms. The molecule has 112 valence electrons. The Morgan fingerprint density at radius 1 is 1.09 bits per heavy atom. The van der Waals surface area contributed by atoms with Gasteiger partial charge in [-0.3, -0.25) is 14.5 Å². The van der Waals surface area contributed by atoms with Crippen molar-refractivity contribution < 1.29 is 9.59 Å². The Balaban J connectivity index is 1.95. The van der Waals surface area contributed by atoms with E-state index in [2.05, 4.69) is 0 Å². The third-order valence-electron chi connectivity index (χ3n) is 3.72. The summed E-state index contributed by atoms with van der Waals surface area (Å²) in [7, 11) is 0. The lowest BCUT2D eigenvalue weighted by atomic mass is 10.0. The highest BCUT2D eigenvalue weighted by molar-refractivity contribution is 8.18. The molecule has 1 heterocycles. The van der Waals surface area contributed by atoms with Crippen molar-refractivity contribution in [2.75, 3.05) is 6.54 Å². The van der Waals surface area contributed by atoms with E-state index in [1.54, 1.807) is 0 Å². The molecule has 2 aromatic carbocycles. The molecule has 1 aliphatic heterocycles. The molecule has 3 nitrogen and oxygen atoms in total. The van der Waals surface area contributed by atoms with E-state index < -0.39 is 0 Å². The number of thioether (sulfide) groups is 1. The molecular weight excluding hydrogens is 294 g/mol. The summed E-state index contributed by atoms with van der Waals surface area (Å²) in [4.78, 5) is 26.2. The highest BCUT2D eigenvalue weighted by atomic mass is 32.2. The second kappa shape index (κ2) is 6.36. The molecule has 0 saturated carbocycles. The first-order valence-corrected chi connectivity index (χ1v) is 8.25. The topological polar surface area (TPSA) is 37.4 Å². The van der Waals surface area contributed by atoms with Crippen LogP contribution in [0.2, 0.25) is 0 Å². The molecule has 3 rings (SSSR count). The molecule has 0 spiro atoms. The molecule has 0 N–H and O–H groups in total. The number of hydrogen-bond donors (Lipinski definition) is 0. The number of carbonyl (C=O) groups is 2. The fourth-order valence-corrected chi connectivity index (χ4v) is 3.38. The summed E-state index contributed by atoms with van der Waals surface area (Å²) >= 11 is 1.03. The van der Waals surface area contributed by atoms with E-state index in [4.69, 9.17) is 0 Å². The maximum absolute atomic E-state index is 12.4. The third kappa shape index (κ3) is 2.79. The van der Waals surface area contributed by atoms with Gasteiger partial charge in [0.15, 0.2) is 0 Å². The maximum Gasteiger partial charge on any atom is 0.293 e. The summed E-state index contributed by atoms with van der Waals surface area (Å²) in [6.45, 7) is 2.55. The molecule has 2 amide bonds. The minimum atomic E-state index is -0.170. The summed E-state index contributed by atoms with van der Waals surface area (Å²) in [5.41, 5.74) is 0.971. The zero-order valence-electron chi connectivity index (χ0n) is 12.4. The molecule has 4 heteroatoms. The Morgan fingerprint density at radius 2 is 1.86 bits per heavy atom. The van der Waals surface area contributed by atoms with Gasteiger partial charge in [-0.1, -0.05) is 55.8 Å². The maximum atomic E-state index is 12.4. The summed E-state index contributed by atoms with van der Waals surface area (Å²) in [5, 5.41) is 2.05. The van der Waals surface area contributed by atoms with Gasteiger partial charge in [0.25, 0.3) is 11.1 Å². The predicted molar refractivity (Wildman–Crippen MR) is 91.5 cm³/mol. The molecule has 1 aliphatic rings. The van der Waals surface area contributed by atoms with Crippen LogP contribution in [0, 0.1) is 0 Å². The van der Waals surface area contributed by atoms with Gasteiger partial charge in [0, 0.05) is 6.54 Å². The number of imide groups is 1.